The molecular weight excluding hydrogens is 435 g/mol. The Morgan fingerprint density at radius 2 is 1.79 bits per heavy atom. The van der Waals surface area contributed by atoms with Gasteiger partial charge in [0.25, 0.3) is 5.91 Å². The highest BCUT2D eigenvalue weighted by Gasteiger charge is 2.24. The van der Waals surface area contributed by atoms with Crippen LogP contribution in [0, 0.1) is 0 Å². The molecule has 28 heavy (non-hydrogen) atoms. The number of rotatable bonds is 3. The third kappa shape index (κ3) is 4.25. The van der Waals surface area contributed by atoms with Crippen molar-refractivity contribution in [2.24, 2.45) is 4.99 Å². The molecule has 3 aromatic rings. The van der Waals surface area contributed by atoms with Crippen LogP contribution < -0.4 is 5.32 Å². The number of carbonyl (C=O) groups excluding carboxylic acids is 1. The van der Waals surface area contributed by atoms with Gasteiger partial charge >= 0.3 is 0 Å². The highest BCUT2D eigenvalue weighted by atomic mass is 35.5. The lowest BCUT2D eigenvalue weighted by atomic mass is 10.2. The summed E-state index contributed by atoms with van der Waals surface area (Å²) in [6, 6.07) is 15.9. The number of halogens is 2. The minimum absolute atomic E-state index is 0.170. The van der Waals surface area contributed by atoms with Gasteiger partial charge in [0.15, 0.2) is 5.17 Å². The lowest BCUT2D eigenvalue weighted by molar-refractivity contribution is -0.115. The first-order valence-electron chi connectivity index (χ1n) is 8.12. The van der Waals surface area contributed by atoms with Crippen LogP contribution in [-0.4, -0.2) is 16.2 Å². The summed E-state index contributed by atoms with van der Waals surface area (Å²) >= 11 is 14.9. The zero-order chi connectivity index (χ0) is 19.7. The van der Waals surface area contributed by atoms with Crippen molar-refractivity contribution in [1.82, 2.24) is 5.32 Å². The summed E-state index contributed by atoms with van der Waals surface area (Å²) in [7, 11) is 0. The molecular formula is C20H12Cl2N2O2S2. The minimum atomic E-state index is -0.188. The predicted molar refractivity (Wildman–Crippen MR) is 119 cm³/mol. The smallest absolute Gasteiger partial charge is 0.264 e. The molecule has 8 heteroatoms. The van der Waals surface area contributed by atoms with Crippen molar-refractivity contribution < 1.29 is 9.90 Å². The van der Waals surface area contributed by atoms with Crippen LogP contribution in [0.5, 0.6) is 5.75 Å². The number of amidine groups is 1. The molecule has 4 rings (SSSR count). The number of nitrogens with zero attached hydrogens (tertiary/aromatic N) is 1. The number of thioether (sulfide) groups is 1. The van der Waals surface area contributed by atoms with Crippen LogP contribution in [-0.2, 0) is 4.79 Å². The largest absolute Gasteiger partial charge is 0.508 e. The van der Waals surface area contributed by atoms with Gasteiger partial charge in [0.1, 0.15) is 5.75 Å². The van der Waals surface area contributed by atoms with E-state index in [-0.39, 0.29) is 11.7 Å². The quantitative estimate of drug-likeness (QED) is 0.462. The van der Waals surface area contributed by atoms with E-state index in [0.29, 0.717) is 25.8 Å². The van der Waals surface area contributed by atoms with Crippen molar-refractivity contribution in [3.05, 3.63) is 74.4 Å². The molecule has 1 aliphatic rings. The van der Waals surface area contributed by atoms with Gasteiger partial charge in [-0.1, -0.05) is 29.3 Å². The third-order valence-corrected chi connectivity index (χ3v) is 6.57. The fourth-order valence-corrected chi connectivity index (χ4v) is 4.64. The molecule has 0 unspecified atom stereocenters. The monoisotopic (exact) mass is 446 g/mol. The van der Waals surface area contributed by atoms with Crippen molar-refractivity contribution >= 4 is 69.1 Å². The Kier molecular flexibility index (Phi) is 5.46. The first-order chi connectivity index (χ1) is 13.5. The maximum Gasteiger partial charge on any atom is 0.264 e. The Morgan fingerprint density at radius 1 is 1.00 bits per heavy atom. The van der Waals surface area contributed by atoms with Crippen molar-refractivity contribution in [2.75, 3.05) is 0 Å². The van der Waals surface area contributed by atoms with E-state index in [0.717, 1.165) is 15.3 Å². The number of nitrogens with one attached hydrogen (secondary N) is 1. The SMILES string of the molecule is O=C1NC(=Nc2ccc(O)cc2)S/C1=C\c1ccc(-c2ccc(Cl)c(Cl)c2)s1. The number of carbonyl (C=O) groups is 1. The number of aromatic hydroxyl groups is 1. The third-order valence-electron chi connectivity index (χ3n) is 3.84. The topological polar surface area (TPSA) is 61.7 Å². The number of amides is 1. The highest BCUT2D eigenvalue weighted by molar-refractivity contribution is 8.18. The molecule has 2 heterocycles. The highest BCUT2D eigenvalue weighted by Crippen LogP contribution is 2.35. The Hall–Kier alpha value is -2.25. The molecule has 0 spiro atoms. The molecule has 1 aromatic heterocycles. The molecule has 2 aromatic carbocycles. The first kappa shape index (κ1) is 19.1. The molecule has 0 saturated carbocycles. The second-order valence-electron chi connectivity index (χ2n) is 5.83. The molecule has 4 nitrogen and oxygen atoms in total. The van der Waals surface area contributed by atoms with Gasteiger partial charge in [-0.3, -0.25) is 4.79 Å². The van der Waals surface area contributed by atoms with Gasteiger partial charge in [0, 0.05) is 9.75 Å². The van der Waals surface area contributed by atoms with Crippen LogP contribution in [0.25, 0.3) is 16.5 Å². The number of phenolic OH excluding ortho intramolecular Hbond substituents is 1. The summed E-state index contributed by atoms with van der Waals surface area (Å²) < 4.78 is 0. The Balaban J connectivity index is 1.54. The van der Waals surface area contributed by atoms with Crippen LogP contribution in [0.2, 0.25) is 10.0 Å². The Labute approximate surface area is 179 Å². The van der Waals surface area contributed by atoms with Crippen LogP contribution >= 0.6 is 46.3 Å². The van der Waals surface area contributed by atoms with Crippen LogP contribution in [0.3, 0.4) is 0 Å². The van der Waals surface area contributed by atoms with E-state index in [9.17, 15) is 9.90 Å². The maximum absolute atomic E-state index is 12.2. The summed E-state index contributed by atoms with van der Waals surface area (Å²) in [5.74, 6) is -0.0184. The van der Waals surface area contributed by atoms with Gasteiger partial charge in [0.2, 0.25) is 0 Å². The van der Waals surface area contributed by atoms with Gasteiger partial charge in [-0.15, -0.1) is 11.3 Å². The van der Waals surface area contributed by atoms with E-state index in [1.54, 1.807) is 41.7 Å². The second kappa shape index (κ2) is 8.01. The average Bonchev–Trinajstić information content (AvgIpc) is 3.27. The van der Waals surface area contributed by atoms with Gasteiger partial charge in [0.05, 0.1) is 20.6 Å². The lowest BCUT2D eigenvalue weighted by Gasteiger charge is -1.99. The summed E-state index contributed by atoms with van der Waals surface area (Å²) in [6.45, 7) is 0. The normalized spacial score (nSPS) is 16.7. The lowest BCUT2D eigenvalue weighted by Crippen LogP contribution is -2.19. The maximum atomic E-state index is 12.2. The van der Waals surface area contributed by atoms with Crippen molar-refractivity contribution in [1.29, 1.82) is 0 Å². The molecule has 0 radical (unpaired) electrons. The van der Waals surface area contributed by atoms with E-state index < -0.39 is 0 Å². The average molecular weight is 447 g/mol. The van der Waals surface area contributed by atoms with Crippen LogP contribution in [0.4, 0.5) is 5.69 Å². The van der Waals surface area contributed by atoms with Crippen molar-refractivity contribution in [3.63, 3.8) is 0 Å². The summed E-state index contributed by atoms with van der Waals surface area (Å²) in [5.41, 5.74) is 1.63. The molecule has 1 fully saturated rings. The summed E-state index contributed by atoms with van der Waals surface area (Å²) in [4.78, 5) is 19.2. The second-order valence-corrected chi connectivity index (χ2v) is 8.79. The zero-order valence-corrected chi connectivity index (χ0v) is 17.3. The molecule has 0 aliphatic carbocycles. The number of phenols is 1. The van der Waals surface area contributed by atoms with Gasteiger partial charge in [-0.05, 0) is 71.9 Å². The van der Waals surface area contributed by atoms with Crippen molar-refractivity contribution in [3.8, 4) is 16.2 Å². The molecule has 1 amide bonds. The summed E-state index contributed by atoms with van der Waals surface area (Å²) in [6.07, 6.45) is 1.84. The van der Waals surface area contributed by atoms with E-state index in [4.69, 9.17) is 23.2 Å². The van der Waals surface area contributed by atoms with E-state index in [1.165, 1.54) is 11.8 Å². The first-order valence-corrected chi connectivity index (χ1v) is 10.5. The fraction of sp³-hybridized carbons (Fsp3) is 0. The number of thiophene rings is 1. The number of hydrogen-bond acceptors (Lipinski definition) is 5. The van der Waals surface area contributed by atoms with E-state index in [1.807, 2.05) is 30.3 Å². The molecule has 1 saturated heterocycles. The number of hydrogen-bond donors (Lipinski definition) is 2. The fourth-order valence-electron chi connectivity index (χ4n) is 2.49. The minimum Gasteiger partial charge on any atom is -0.508 e. The van der Waals surface area contributed by atoms with Gasteiger partial charge < -0.3 is 10.4 Å². The van der Waals surface area contributed by atoms with Gasteiger partial charge in [-0.2, -0.15) is 0 Å². The van der Waals surface area contributed by atoms with Gasteiger partial charge in [-0.25, -0.2) is 4.99 Å². The molecule has 0 bridgehead atoms. The van der Waals surface area contributed by atoms with Crippen LogP contribution in [0.15, 0.2) is 64.5 Å². The number of benzene rings is 2. The number of aliphatic imine (C=N–C) groups is 1. The Bertz CT molecular complexity index is 1120. The molecule has 1 aliphatic heterocycles. The predicted octanol–water partition coefficient (Wildman–Crippen LogP) is 6.32. The van der Waals surface area contributed by atoms with E-state index in [2.05, 4.69) is 10.3 Å². The standard InChI is InChI=1S/C20H12Cl2N2O2S2/c21-15-7-1-11(9-16(15)22)17-8-6-14(27-17)10-18-19(26)24-20(28-18)23-12-2-4-13(25)5-3-12/h1-10,25H,(H,23,24,26)/b18-10-. The zero-order valence-electron chi connectivity index (χ0n) is 14.1. The molecule has 0 atom stereocenters. The molecule has 2 N–H and O–H groups in total. The molecule has 140 valence electrons. The van der Waals surface area contributed by atoms with Crippen LogP contribution in [0.1, 0.15) is 4.88 Å². The Morgan fingerprint density at radius 3 is 2.54 bits per heavy atom. The van der Waals surface area contributed by atoms with Crippen molar-refractivity contribution in [2.45, 2.75) is 0 Å². The summed E-state index contributed by atoms with van der Waals surface area (Å²) in [5, 5.41) is 13.6. The van der Waals surface area contributed by atoms with E-state index >= 15 is 0 Å².